The first-order valence-corrected chi connectivity index (χ1v) is 12.5. The van der Waals surface area contributed by atoms with Crippen molar-refractivity contribution in [2.75, 3.05) is 11.1 Å². The Labute approximate surface area is 204 Å². The number of anilines is 1. The van der Waals surface area contributed by atoms with Crippen LogP contribution in [0.4, 0.5) is 5.69 Å². The van der Waals surface area contributed by atoms with Crippen molar-refractivity contribution in [1.82, 2.24) is 9.55 Å². The number of fused-ring (bicyclic) bond motifs is 1. The third kappa shape index (κ3) is 4.92. The molecule has 0 aliphatic heterocycles. The van der Waals surface area contributed by atoms with Crippen LogP contribution in [0, 0.1) is 13.8 Å². The number of hydrogen-bond acceptors (Lipinski definition) is 4. The second-order valence-electron chi connectivity index (χ2n) is 8.55. The Bertz CT molecular complexity index is 1410. The number of nitrogens with one attached hydrogen (secondary N) is 1. The predicted octanol–water partition coefficient (Wildman–Crippen LogP) is 6.25. The van der Waals surface area contributed by atoms with Crippen LogP contribution in [0.2, 0.25) is 0 Å². The van der Waals surface area contributed by atoms with Crippen LogP contribution >= 0.6 is 11.8 Å². The molecule has 1 N–H and O–H groups in total. The number of nitrogens with zero attached hydrogens (tertiary/aromatic N) is 2. The van der Waals surface area contributed by atoms with Gasteiger partial charge >= 0.3 is 0 Å². The number of amides is 1. The molecule has 1 atom stereocenters. The highest BCUT2D eigenvalue weighted by atomic mass is 32.2. The highest BCUT2D eigenvalue weighted by Crippen LogP contribution is 2.27. The molecule has 1 aromatic heterocycles. The van der Waals surface area contributed by atoms with Gasteiger partial charge in [-0.3, -0.25) is 14.2 Å². The monoisotopic (exact) mass is 471 g/mol. The van der Waals surface area contributed by atoms with Crippen LogP contribution in [-0.2, 0) is 4.79 Å². The zero-order valence-corrected chi connectivity index (χ0v) is 20.8. The van der Waals surface area contributed by atoms with Crippen LogP contribution < -0.4 is 10.9 Å². The molecule has 0 saturated heterocycles. The average molecular weight is 472 g/mol. The van der Waals surface area contributed by atoms with Gasteiger partial charge in [0.2, 0.25) is 5.91 Å². The van der Waals surface area contributed by atoms with Gasteiger partial charge in [-0.25, -0.2) is 4.98 Å². The second-order valence-corrected chi connectivity index (χ2v) is 9.50. The molecule has 4 aromatic rings. The van der Waals surface area contributed by atoms with E-state index in [9.17, 15) is 9.59 Å². The van der Waals surface area contributed by atoms with Gasteiger partial charge in [-0.15, -0.1) is 0 Å². The summed E-state index contributed by atoms with van der Waals surface area (Å²) in [5.41, 5.74) is 5.43. The normalized spacial score (nSPS) is 12.0. The van der Waals surface area contributed by atoms with Gasteiger partial charge in [0.25, 0.3) is 5.56 Å². The smallest absolute Gasteiger partial charge is 0.266 e. The highest BCUT2D eigenvalue weighted by molar-refractivity contribution is 7.99. The van der Waals surface area contributed by atoms with Crippen molar-refractivity contribution in [1.29, 1.82) is 0 Å². The van der Waals surface area contributed by atoms with E-state index in [-0.39, 0.29) is 17.2 Å². The number of carbonyl (C=O) groups is 1. The van der Waals surface area contributed by atoms with Crippen molar-refractivity contribution in [3.63, 3.8) is 0 Å². The third-order valence-electron chi connectivity index (χ3n) is 6.20. The molecule has 1 heterocycles. The summed E-state index contributed by atoms with van der Waals surface area (Å²) >= 11 is 1.27. The fourth-order valence-corrected chi connectivity index (χ4v) is 4.69. The van der Waals surface area contributed by atoms with Gasteiger partial charge in [-0.1, -0.05) is 62.0 Å². The van der Waals surface area contributed by atoms with E-state index < -0.39 is 0 Å². The van der Waals surface area contributed by atoms with Gasteiger partial charge in [0.15, 0.2) is 5.16 Å². The number of carbonyl (C=O) groups excluding carboxylic acids is 1. The molecular weight excluding hydrogens is 442 g/mol. The Morgan fingerprint density at radius 2 is 1.76 bits per heavy atom. The molecule has 0 radical (unpaired) electrons. The van der Waals surface area contributed by atoms with E-state index in [0.29, 0.717) is 22.0 Å². The molecule has 0 aliphatic carbocycles. The van der Waals surface area contributed by atoms with Crippen molar-refractivity contribution in [2.45, 2.75) is 45.2 Å². The minimum Gasteiger partial charge on any atom is -0.325 e. The minimum absolute atomic E-state index is 0.130. The Balaban J connectivity index is 1.66. The Kier molecular flexibility index (Phi) is 7.17. The van der Waals surface area contributed by atoms with Crippen LogP contribution in [0.15, 0.2) is 76.7 Å². The van der Waals surface area contributed by atoms with E-state index in [0.717, 1.165) is 34.5 Å². The van der Waals surface area contributed by atoms with E-state index in [4.69, 9.17) is 4.98 Å². The van der Waals surface area contributed by atoms with Crippen molar-refractivity contribution in [2.24, 2.45) is 0 Å². The number of para-hydroxylation sites is 2. The van der Waals surface area contributed by atoms with Gasteiger partial charge in [0.1, 0.15) is 0 Å². The first kappa shape index (κ1) is 23.8. The molecule has 6 heteroatoms. The first-order valence-electron chi connectivity index (χ1n) is 11.5. The van der Waals surface area contributed by atoms with E-state index >= 15 is 0 Å². The quantitative estimate of drug-likeness (QED) is 0.256. The molecule has 1 amide bonds. The van der Waals surface area contributed by atoms with E-state index in [1.807, 2.05) is 68.4 Å². The maximum atomic E-state index is 13.4. The first-order chi connectivity index (χ1) is 16.4. The summed E-state index contributed by atoms with van der Waals surface area (Å²) in [7, 11) is 0. The van der Waals surface area contributed by atoms with Crippen LogP contribution in [0.25, 0.3) is 16.6 Å². The van der Waals surface area contributed by atoms with Gasteiger partial charge in [-0.05, 0) is 73.2 Å². The van der Waals surface area contributed by atoms with E-state index in [1.54, 1.807) is 10.6 Å². The lowest BCUT2D eigenvalue weighted by Gasteiger charge is -2.16. The number of benzene rings is 3. The van der Waals surface area contributed by atoms with Crippen molar-refractivity contribution in [3.8, 4) is 5.69 Å². The van der Waals surface area contributed by atoms with Gasteiger partial charge in [0, 0.05) is 5.69 Å². The molecule has 174 valence electrons. The molecule has 0 bridgehead atoms. The summed E-state index contributed by atoms with van der Waals surface area (Å²) < 4.78 is 1.61. The van der Waals surface area contributed by atoms with Gasteiger partial charge in [-0.2, -0.15) is 0 Å². The Morgan fingerprint density at radius 3 is 2.53 bits per heavy atom. The van der Waals surface area contributed by atoms with Crippen LogP contribution in [0.1, 0.15) is 42.9 Å². The zero-order chi connectivity index (χ0) is 24.2. The summed E-state index contributed by atoms with van der Waals surface area (Å²) in [5, 5.41) is 4.10. The minimum atomic E-state index is -0.140. The van der Waals surface area contributed by atoms with Crippen molar-refractivity contribution < 1.29 is 4.79 Å². The topological polar surface area (TPSA) is 64.0 Å². The van der Waals surface area contributed by atoms with Crippen LogP contribution in [-0.4, -0.2) is 21.2 Å². The molecule has 0 saturated carbocycles. The number of aryl methyl sites for hydroxylation is 2. The number of rotatable bonds is 7. The van der Waals surface area contributed by atoms with Crippen LogP contribution in [0.5, 0.6) is 0 Å². The SMILES string of the molecule is CCC(C)c1ccccc1NC(=O)CSc1nc2ccccc2c(=O)n1-c1ccc(C)c(C)c1. The summed E-state index contributed by atoms with van der Waals surface area (Å²) in [6.07, 6.45) is 0.991. The second kappa shape index (κ2) is 10.3. The zero-order valence-electron chi connectivity index (χ0n) is 20.0. The fourth-order valence-electron chi connectivity index (χ4n) is 3.88. The maximum absolute atomic E-state index is 13.4. The lowest BCUT2D eigenvalue weighted by molar-refractivity contribution is -0.113. The highest BCUT2D eigenvalue weighted by Gasteiger charge is 2.16. The predicted molar refractivity (Wildman–Crippen MR) is 141 cm³/mol. The number of hydrogen-bond donors (Lipinski definition) is 1. The summed E-state index contributed by atoms with van der Waals surface area (Å²) in [5.74, 6) is 0.362. The number of aromatic nitrogens is 2. The summed E-state index contributed by atoms with van der Waals surface area (Å²) in [4.78, 5) is 31.1. The summed E-state index contributed by atoms with van der Waals surface area (Å²) in [6, 6.07) is 21.1. The Morgan fingerprint density at radius 1 is 1.03 bits per heavy atom. The molecule has 34 heavy (non-hydrogen) atoms. The molecule has 0 spiro atoms. The molecule has 0 fully saturated rings. The lowest BCUT2D eigenvalue weighted by atomic mass is 9.97. The molecular formula is C28H29N3O2S. The van der Waals surface area contributed by atoms with E-state index in [2.05, 4.69) is 25.2 Å². The number of thioether (sulfide) groups is 1. The van der Waals surface area contributed by atoms with Crippen molar-refractivity contribution in [3.05, 3.63) is 93.8 Å². The van der Waals surface area contributed by atoms with Gasteiger partial charge in [0.05, 0.1) is 22.3 Å². The maximum Gasteiger partial charge on any atom is 0.266 e. The van der Waals surface area contributed by atoms with Crippen molar-refractivity contribution >= 4 is 34.3 Å². The summed E-state index contributed by atoms with van der Waals surface area (Å²) in [6.45, 7) is 8.35. The van der Waals surface area contributed by atoms with Crippen LogP contribution in [0.3, 0.4) is 0 Å². The molecule has 3 aromatic carbocycles. The standard InChI is InChI=1S/C28H29N3O2S/c1-5-18(2)22-10-6-8-12-24(22)29-26(32)17-34-28-30-25-13-9-7-11-23(25)27(33)31(28)21-15-14-19(3)20(4)16-21/h6-16,18H,5,17H2,1-4H3,(H,29,32). The molecule has 1 unspecified atom stereocenters. The third-order valence-corrected chi connectivity index (χ3v) is 7.14. The fraction of sp³-hybridized carbons (Fsp3) is 0.250. The molecule has 4 rings (SSSR count). The van der Waals surface area contributed by atoms with Gasteiger partial charge < -0.3 is 5.32 Å². The molecule has 5 nitrogen and oxygen atoms in total. The van der Waals surface area contributed by atoms with E-state index in [1.165, 1.54) is 11.8 Å². The average Bonchev–Trinajstić information content (AvgIpc) is 2.84. The lowest BCUT2D eigenvalue weighted by Crippen LogP contribution is -2.23. The largest absolute Gasteiger partial charge is 0.325 e. The molecule has 0 aliphatic rings. The Hall–Kier alpha value is -3.38.